The molecule has 28 N–H and O–H groups in total. The number of aliphatic hydroxyl groups is 11. The number of aliphatic carboxylic acids is 1. The number of rotatable bonds is 34. The van der Waals surface area contributed by atoms with E-state index >= 15 is 14.4 Å². The zero-order valence-electron chi connectivity index (χ0n) is 71.3. The highest BCUT2D eigenvalue weighted by Gasteiger charge is 2.52. The van der Waals surface area contributed by atoms with Crippen LogP contribution in [0.1, 0.15) is 182 Å². The number of nitrogens with two attached hydrogens (primary N) is 2. The Morgan fingerprint density at radius 3 is 1.95 bits per heavy atom. The van der Waals surface area contributed by atoms with E-state index in [9.17, 15) is 100 Å². The number of fused-ring (bicyclic) bond motifs is 16. The molecule has 9 bridgehead atoms. The van der Waals surface area contributed by atoms with Gasteiger partial charge in [-0.2, -0.15) is 0 Å². The predicted octanol–water partition coefficient (Wildman–Crippen LogP) is 0.560. The number of phenols is 3. The summed E-state index contributed by atoms with van der Waals surface area (Å²) < 4.78 is 33.5. The lowest BCUT2D eigenvalue weighted by Gasteiger charge is -2.49. The Morgan fingerprint density at radius 2 is 1.34 bits per heavy atom. The number of likely N-dealkylation sites (N-methyl/N-ethyl adjacent to an activating group) is 1. The molecule has 8 amide bonds. The SMILES string of the molecule is CCCCCCCCCNC1(C)C[C@H](OC2C(O)C(O)[C@@H](CO)O[C@H]2Oc2c3cc4cc2Oc2ccc(cc2Cl)[C@@H](O)CC(=O)N[C@H](C(=O)O)c2cc(O)c(CNCCCNC(=O)[C@H](O)[C@@H](O)[C@H](O)[C@H](O)CO)c(O)c2-c2cc(ccc2O)[C@@H](C(N)=O)NC(=O)[C@@H]4NC(=O)[C@H](CC(N)=O)NC(=O)[C@H](NC(=O)[C@@H](CC(C)C)NC)[C@H](O)c2ccc(c(Cl)c2)O3)C[C@@H](C)C1O. The maximum absolute atomic E-state index is 16.2. The summed E-state index contributed by atoms with van der Waals surface area (Å²) in [4.78, 5) is 129. The summed E-state index contributed by atoms with van der Waals surface area (Å²) in [6.07, 6.45) is -18.3. The first-order valence-corrected chi connectivity index (χ1v) is 43.0. The van der Waals surface area contributed by atoms with Crippen LogP contribution in [0.4, 0.5) is 0 Å². The van der Waals surface area contributed by atoms with Crippen molar-refractivity contribution in [2.45, 2.75) is 246 Å². The number of nitrogens with one attached hydrogen (secondary N) is 9. The predicted molar refractivity (Wildman–Crippen MR) is 457 cm³/mol. The Hall–Kier alpha value is -9.93. The van der Waals surface area contributed by atoms with Crippen molar-refractivity contribution in [2.24, 2.45) is 23.3 Å². The molecule has 11 rings (SSSR count). The van der Waals surface area contributed by atoms with Crippen LogP contribution in [-0.4, -0.2) is 261 Å². The summed E-state index contributed by atoms with van der Waals surface area (Å²) in [6, 6.07) is 0.426. The second-order valence-electron chi connectivity index (χ2n) is 33.2. The monoisotopic (exact) mass is 1840 g/mol. The molecule has 42 heteroatoms. The summed E-state index contributed by atoms with van der Waals surface area (Å²) in [7, 11) is 1.47. The van der Waals surface area contributed by atoms with Crippen molar-refractivity contribution in [1.29, 1.82) is 0 Å². The number of halogens is 2. The summed E-state index contributed by atoms with van der Waals surface area (Å²) >= 11 is 14.3. The van der Waals surface area contributed by atoms with Gasteiger partial charge in [0.25, 0.3) is 5.91 Å². The lowest BCUT2D eigenvalue weighted by Crippen LogP contribution is -2.64. The van der Waals surface area contributed by atoms with Crippen molar-refractivity contribution in [1.82, 2.24) is 47.9 Å². The van der Waals surface area contributed by atoms with E-state index in [-0.39, 0.29) is 66.6 Å². The topological polar surface area (TPSA) is 664 Å². The molecule has 128 heavy (non-hydrogen) atoms. The number of carbonyl (C=O) groups is 9. The Morgan fingerprint density at radius 1 is 0.695 bits per heavy atom. The molecule has 1 saturated carbocycles. The van der Waals surface area contributed by atoms with Crippen LogP contribution in [0.2, 0.25) is 10.0 Å². The first-order chi connectivity index (χ1) is 60.6. The first kappa shape index (κ1) is 102. The number of ether oxygens (including phenoxy) is 5. The van der Waals surface area contributed by atoms with E-state index in [1.807, 2.05) is 20.8 Å². The van der Waals surface area contributed by atoms with E-state index in [1.54, 1.807) is 6.92 Å². The third kappa shape index (κ3) is 25.4. The second kappa shape index (κ2) is 46.0. The lowest BCUT2D eigenvalue weighted by molar-refractivity contribution is -0.299. The van der Waals surface area contributed by atoms with Crippen LogP contribution in [-0.2, 0) is 59.2 Å². The minimum Gasteiger partial charge on any atom is -0.507 e. The van der Waals surface area contributed by atoms with Gasteiger partial charge in [-0.1, -0.05) is 108 Å². The van der Waals surface area contributed by atoms with Crippen LogP contribution < -0.4 is 73.5 Å². The van der Waals surface area contributed by atoms with Gasteiger partial charge >= 0.3 is 5.97 Å². The number of carbonyl (C=O) groups excluding carboxylic acids is 8. The molecule has 5 aliphatic heterocycles. The fourth-order valence-electron chi connectivity index (χ4n) is 15.9. The standard InChI is InChI=1S/C86H117Cl2N11O29/c1-7-8-9-10-11-12-13-23-94-86(5)34-44(25-39(4)77(86)115)124-76-73(113)71(111)60(37-101)127-85(76)128-75-58-29-43-30-59(75)126-57-20-17-42(28-49(57)88)68(108)67(99-79(117)50(91-6)24-38(2)3)82(120)95-51(32-61(89)106)80(118)98-65(43)81(119)97-64(78(90)116)41-15-18-52(102)45(26-41)63-46(66(84(122)123)96-62(107)33-53(103)40-16-19-56(125-58)48(87)27-40)31-54(104)47(69(63)109)35-92-21-14-22-93-83(121)74(114)72(112)70(110)55(105)36-100/h15-20,26-31,38-39,44,50-51,53,55,60,64-68,70-74,76-77,85,91-92,94,100-105,108-115H,7-14,21-25,32-37H2,1-6H3,(H2,89,106)(H2,90,116)(H,93,121)(H,95,120)(H,96,107)(H,97,119)(H,98,118)(H,99,117)(H,122,123)/t39-,44-,50-,51+,53+,55-,60-,64+,65-,66+,67-,68-,70-,71?,72+,73?,74-,76?,77?,85+,86?/m1/s1. The van der Waals surface area contributed by atoms with E-state index in [1.165, 1.54) is 25.2 Å². The minimum atomic E-state index is -2.39. The molecule has 1 saturated heterocycles. The third-order valence-corrected chi connectivity index (χ3v) is 23.6. The highest BCUT2D eigenvalue weighted by Crippen LogP contribution is 2.51. The molecule has 2 fully saturated rings. The number of aliphatic hydroxyl groups excluding tert-OH is 11. The van der Waals surface area contributed by atoms with Crippen molar-refractivity contribution < 1.29 is 143 Å². The molecule has 5 aromatic rings. The zero-order chi connectivity index (χ0) is 94.0. The van der Waals surface area contributed by atoms with E-state index in [2.05, 4.69) is 54.8 Å². The average Bonchev–Trinajstić information content (AvgIpc) is 0.759. The average molecular weight is 1840 g/mol. The molecule has 0 spiro atoms. The van der Waals surface area contributed by atoms with Gasteiger partial charge < -0.3 is 160 Å². The van der Waals surface area contributed by atoms with Gasteiger partial charge in [0.05, 0.1) is 66.0 Å². The number of unbranched alkanes of at least 4 members (excludes halogenated alkanes) is 6. The van der Waals surface area contributed by atoms with Crippen LogP contribution in [0.3, 0.4) is 0 Å². The Bertz CT molecular complexity index is 4750. The Kier molecular flexibility index (Phi) is 36.6. The number of hydrogen-bond acceptors (Lipinski definition) is 31. The Labute approximate surface area is 746 Å². The van der Waals surface area contributed by atoms with Gasteiger partial charge in [0, 0.05) is 35.3 Å². The van der Waals surface area contributed by atoms with E-state index in [0.29, 0.717) is 6.54 Å². The molecule has 1 aliphatic carbocycles. The zero-order valence-corrected chi connectivity index (χ0v) is 72.8. The van der Waals surface area contributed by atoms with E-state index in [4.69, 9.17) is 63.5 Å². The summed E-state index contributed by atoms with van der Waals surface area (Å²) in [5.41, 5.74) is 7.26. The van der Waals surface area contributed by atoms with E-state index < -0.39 is 292 Å². The van der Waals surface area contributed by atoms with Crippen molar-refractivity contribution in [2.75, 3.05) is 39.9 Å². The molecule has 5 aromatic carbocycles. The van der Waals surface area contributed by atoms with Gasteiger partial charge in [-0.25, -0.2) is 4.79 Å². The molecular weight excluding hydrogens is 1720 g/mol. The van der Waals surface area contributed by atoms with Gasteiger partial charge in [0.1, 0.15) is 102 Å². The van der Waals surface area contributed by atoms with Crippen molar-refractivity contribution in [3.05, 3.63) is 116 Å². The lowest BCUT2D eigenvalue weighted by atomic mass is 9.73. The molecular formula is C86H117Cl2N11O29. The van der Waals surface area contributed by atoms with Gasteiger partial charge in [-0.05, 0) is 148 Å². The van der Waals surface area contributed by atoms with Crippen LogP contribution >= 0.6 is 23.2 Å². The maximum atomic E-state index is 16.2. The van der Waals surface area contributed by atoms with Crippen molar-refractivity contribution in [3.63, 3.8) is 0 Å². The number of primary amides is 2. The largest absolute Gasteiger partial charge is 0.507 e. The highest BCUT2D eigenvalue weighted by molar-refractivity contribution is 6.32. The molecule has 21 atom stereocenters. The smallest absolute Gasteiger partial charge is 0.330 e. The normalized spacial score (nSPS) is 25.8. The fourth-order valence-corrected chi connectivity index (χ4v) is 16.4. The molecule has 0 aromatic heterocycles. The maximum Gasteiger partial charge on any atom is 0.330 e. The van der Waals surface area contributed by atoms with Gasteiger partial charge in [-0.3, -0.25) is 38.4 Å². The summed E-state index contributed by atoms with van der Waals surface area (Å²) in [6.45, 7) is 6.99. The van der Waals surface area contributed by atoms with Gasteiger partial charge in [-0.15, -0.1) is 0 Å². The number of amides is 8. The summed E-state index contributed by atoms with van der Waals surface area (Å²) in [5.74, 6) is -18.1. The van der Waals surface area contributed by atoms with Crippen LogP contribution in [0.25, 0.3) is 11.1 Å². The van der Waals surface area contributed by atoms with Gasteiger partial charge in [0.2, 0.25) is 53.4 Å². The van der Waals surface area contributed by atoms with Crippen LogP contribution in [0, 0.1) is 11.8 Å². The molecule has 5 unspecified atom stereocenters. The Balaban J connectivity index is 1.24. The molecule has 40 nitrogen and oxygen atoms in total. The highest BCUT2D eigenvalue weighted by atomic mass is 35.5. The van der Waals surface area contributed by atoms with Crippen LogP contribution in [0.15, 0.2) is 72.8 Å². The number of aromatic hydroxyl groups is 3. The number of carboxylic acids is 1. The van der Waals surface area contributed by atoms with Crippen molar-refractivity contribution >= 4 is 76.4 Å². The number of benzene rings is 5. The second-order valence-corrected chi connectivity index (χ2v) is 34.1. The fraction of sp³-hybridized carbons (Fsp3) is 0.547. The molecule has 704 valence electrons. The molecule has 5 heterocycles. The van der Waals surface area contributed by atoms with E-state index in [0.717, 1.165) is 99.5 Å². The first-order valence-electron chi connectivity index (χ1n) is 42.2. The number of hydrogen-bond donors (Lipinski definition) is 26. The summed E-state index contributed by atoms with van der Waals surface area (Å²) in [5, 5.41) is 191. The number of phenolic OH excluding ortho intramolecular Hbond substituents is 3. The van der Waals surface area contributed by atoms with Crippen molar-refractivity contribution in [3.8, 4) is 57.1 Å². The quantitative estimate of drug-likeness (QED) is 0.0250. The molecule has 0 radical (unpaired) electrons. The van der Waals surface area contributed by atoms with Gasteiger partial charge in [0.15, 0.2) is 23.6 Å². The minimum absolute atomic E-state index is 0.0195. The number of carboxylic acid groups (broad SMARTS) is 1. The van der Waals surface area contributed by atoms with Crippen LogP contribution in [0.5, 0.6) is 46.0 Å². The molecule has 6 aliphatic rings. The third-order valence-electron chi connectivity index (χ3n) is 23.0.